The maximum atomic E-state index is 12.9. The molecule has 0 aliphatic carbocycles. The number of nitrogens with one attached hydrogen (secondary N) is 1. The fraction of sp³-hybridized carbons (Fsp3) is 0.526. The molecule has 0 aromatic heterocycles. The van der Waals surface area contributed by atoms with E-state index in [-0.39, 0.29) is 23.8 Å². The Balaban J connectivity index is 2.16. The SMILES string of the molecule is COC(=O)C1CCCCN1C(=O)c1cccc(NC(=O)C(C)C(C)N)c1. The van der Waals surface area contributed by atoms with Crippen molar-refractivity contribution in [1.29, 1.82) is 0 Å². The van der Waals surface area contributed by atoms with Gasteiger partial charge in [0, 0.05) is 23.8 Å². The predicted octanol–water partition coefficient (Wildman–Crippen LogP) is 1.78. The minimum absolute atomic E-state index is 0.199. The maximum absolute atomic E-state index is 12.9. The molecule has 1 aliphatic rings. The summed E-state index contributed by atoms with van der Waals surface area (Å²) in [6.07, 6.45) is 2.33. The van der Waals surface area contributed by atoms with Gasteiger partial charge in [0.1, 0.15) is 6.04 Å². The first-order chi connectivity index (χ1) is 12.3. The zero-order valence-corrected chi connectivity index (χ0v) is 15.5. The number of carbonyl (C=O) groups is 3. The summed E-state index contributed by atoms with van der Waals surface area (Å²) in [5.41, 5.74) is 6.71. The number of likely N-dealkylation sites (tertiary alicyclic amines) is 1. The van der Waals surface area contributed by atoms with E-state index in [9.17, 15) is 14.4 Å². The average Bonchev–Trinajstić information content (AvgIpc) is 2.66. The van der Waals surface area contributed by atoms with E-state index in [1.807, 2.05) is 0 Å². The summed E-state index contributed by atoms with van der Waals surface area (Å²) in [5, 5.41) is 2.79. The normalized spacial score (nSPS) is 19.4. The molecule has 3 N–H and O–H groups in total. The number of hydrogen-bond donors (Lipinski definition) is 2. The highest BCUT2D eigenvalue weighted by atomic mass is 16.5. The Kier molecular flexibility index (Phi) is 6.74. The Morgan fingerprint density at radius 2 is 2.00 bits per heavy atom. The summed E-state index contributed by atoms with van der Waals surface area (Å²) in [7, 11) is 1.33. The van der Waals surface area contributed by atoms with Gasteiger partial charge in [0.25, 0.3) is 5.91 Å². The molecule has 7 heteroatoms. The van der Waals surface area contributed by atoms with Crippen molar-refractivity contribution in [3.05, 3.63) is 29.8 Å². The van der Waals surface area contributed by atoms with E-state index in [2.05, 4.69) is 5.32 Å². The third-order valence-corrected chi connectivity index (χ3v) is 4.82. The molecule has 1 aliphatic heterocycles. The van der Waals surface area contributed by atoms with Crippen LogP contribution < -0.4 is 11.1 Å². The van der Waals surface area contributed by atoms with Crippen LogP contribution in [0.25, 0.3) is 0 Å². The molecule has 3 unspecified atom stereocenters. The highest BCUT2D eigenvalue weighted by Gasteiger charge is 2.33. The minimum Gasteiger partial charge on any atom is -0.467 e. The van der Waals surface area contributed by atoms with Crippen molar-refractivity contribution in [2.24, 2.45) is 11.7 Å². The highest BCUT2D eigenvalue weighted by Crippen LogP contribution is 2.22. The average molecular weight is 361 g/mol. The van der Waals surface area contributed by atoms with E-state index in [1.54, 1.807) is 43.0 Å². The molecule has 7 nitrogen and oxygen atoms in total. The number of ether oxygens (including phenoxy) is 1. The van der Waals surface area contributed by atoms with Crippen molar-refractivity contribution < 1.29 is 19.1 Å². The van der Waals surface area contributed by atoms with Gasteiger partial charge in [0.05, 0.1) is 13.0 Å². The fourth-order valence-corrected chi connectivity index (χ4v) is 2.95. The van der Waals surface area contributed by atoms with E-state index in [4.69, 9.17) is 10.5 Å². The lowest BCUT2D eigenvalue weighted by molar-refractivity contribution is -0.147. The van der Waals surface area contributed by atoms with Gasteiger partial charge in [-0.1, -0.05) is 13.0 Å². The number of nitrogens with zero attached hydrogens (tertiary/aromatic N) is 1. The fourth-order valence-electron chi connectivity index (χ4n) is 2.95. The van der Waals surface area contributed by atoms with Crippen molar-refractivity contribution in [2.45, 2.75) is 45.2 Å². The van der Waals surface area contributed by atoms with Gasteiger partial charge in [-0.15, -0.1) is 0 Å². The molecule has 142 valence electrons. The van der Waals surface area contributed by atoms with Crippen LogP contribution in [0.1, 0.15) is 43.5 Å². The molecule has 1 aromatic carbocycles. The molecule has 2 rings (SSSR count). The number of esters is 1. The van der Waals surface area contributed by atoms with E-state index >= 15 is 0 Å². The van der Waals surface area contributed by atoms with Crippen molar-refractivity contribution in [3.63, 3.8) is 0 Å². The third-order valence-electron chi connectivity index (χ3n) is 4.82. The Morgan fingerprint density at radius 3 is 2.65 bits per heavy atom. The van der Waals surface area contributed by atoms with E-state index < -0.39 is 12.0 Å². The molecule has 2 amide bonds. The first-order valence-corrected chi connectivity index (χ1v) is 8.90. The molecule has 1 heterocycles. The van der Waals surface area contributed by atoms with Gasteiger partial charge in [-0.3, -0.25) is 9.59 Å². The molecule has 1 aromatic rings. The van der Waals surface area contributed by atoms with Crippen LogP contribution in [0.2, 0.25) is 0 Å². The number of methoxy groups -OCH3 is 1. The monoisotopic (exact) mass is 361 g/mol. The van der Waals surface area contributed by atoms with Crippen LogP contribution in [-0.4, -0.2) is 48.4 Å². The highest BCUT2D eigenvalue weighted by molar-refractivity contribution is 5.99. The quantitative estimate of drug-likeness (QED) is 0.779. The summed E-state index contributed by atoms with van der Waals surface area (Å²) < 4.78 is 4.83. The van der Waals surface area contributed by atoms with Gasteiger partial charge in [-0.2, -0.15) is 0 Å². The standard InChI is InChI=1S/C19H27N3O4/c1-12(13(2)20)17(23)21-15-8-6-7-14(11-15)18(24)22-10-5-4-9-16(22)19(25)26-3/h6-8,11-13,16H,4-5,9-10,20H2,1-3H3,(H,21,23). The molecule has 0 radical (unpaired) electrons. The number of hydrogen-bond acceptors (Lipinski definition) is 5. The van der Waals surface area contributed by atoms with Crippen LogP contribution in [-0.2, 0) is 14.3 Å². The van der Waals surface area contributed by atoms with Crippen LogP contribution in [0.5, 0.6) is 0 Å². The molecular formula is C19H27N3O4. The summed E-state index contributed by atoms with van der Waals surface area (Å²) in [6, 6.07) is 5.90. The van der Waals surface area contributed by atoms with Crippen LogP contribution in [0.15, 0.2) is 24.3 Å². The first-order valence-electron chi connectivity index (χ1n) is 8.90. The second-order valence-corrected chi connectivity index (χ2v) is 6.75. The van der Waals surface area contributed by atoms with Crippen molar-refractivity contribution >= 4 is 23.5 Å². The van der Waals surface area contributed by atoms with Crippen LogP contribution in [0.3, 0.4) is 0 Å². The van der Waals surface area contributed by atoms with Crippen molar-refractivity contribution in [3.8, 4) is 0 Å². The van der Waals surface area contributed by atoms with Gasteiger partial charge in [-0.05, 0) is 44.4 Å². The third kappa shape index (κ3) is 4.60. The zero-order valence-electron chi connectivity index (χ0n) is 15.5. The molecule has 1 fully saturated rings. The Morgan fingerprint density at radius 1 is 1.27 bits per heavy atom. The zero-order chi connectivity index (χ0) is 19.3. The number of anilines is 1. The summed E-state index contributed by atoms with van der Waals surface area (Å²) in [6.45, 7) is 4.04. The molecule has 3 atom stereocenters. The number of carbonyl (C=O) groups excluding carboxylic acids is 3. The van der Waals surface area contributed by atoms with E-state index in [1.165, 1.54) is 7.11 Å². The van der Waals surface area contributed by atoms with Gasteiger partial charge in [-0.25, -0.2) is 4.79 Å². The Labute approximate surface area is 153 Å². The lowest BCUT2D eigenvalue weighted by Gasteiger charge is -2.33. The molecular weight excluding hydrogens is 334 g/mol. The minimum atomic E-state index is -0.558. The van der Waals surface area contributed by atoms with Gasteiger partial charge in [0.2, 0.25) is 5.91 Å². The second kappa shape index (κ2) is 8.80. The lowest BCUT2D eigenvalue weighted by Crippen LogP contribution is -2.48. The molecule has 0 bridgehead atoms. The molecule has 0 spiro atoms. The second-order valence-electron chi connectivity index (χ2n) is 6.75. The first kappa shape index (κ1) is 19.9. The van der Waals surface area contributed by atoms with Gasteiger partial charge >= 0.3 is 5.97 Å². The maximum Gasteiger partial charge on any atom is 0.328 e. The summed E-state index contributed by atoms with van der Waals surface area (Å²) in [5.74, 6) is -1.18. The molecule has 26 heavy (non-hydrogen) atoms. The van der Waals surface area contributed by atoms with Gasteiger partial charge < -0.3 is 20.7 Å². The summed E-state index contributed by atoms with van der Waals surface area (Å²) >= 11 is 0. The largest absolute Gasteiger partial charge is 0.467 e. The Hall–Kier alpha value is -2.41. The number of nitrogens with two attached hydrogens (primary N) is 1. The van der Waals surface area contributed by atoms with Crippen molar-refractivity contribution in [1.82, 2.24) is 4.90 Å². The number of benzene rings is 1. The van der Waals surface area contributed by atoms with Gasteiger partial charge in [0.15, 0.2) is 0 Å². The lowest BCUT2D eigenvalue weighted by atomic mass is 10.0. The number of piperidine rings is 1. The van der Waals surface area contributed by atoms with E-state index in [0.717, 1.165) is 12.8 Å². The topological polar surface area (TPSA) is 102 Å². The predicted molar refractivity (Wildman–Crippen MR) is 98.6 cm³/mol. The number of rotatable bonds is 5. The van der Waals surface area contributed by atoms with Crippen LogP contribution >= 0.6 is 0 Å². The Bertz CT molecular complexity index is 675. The molecule has 0 saturated carbocycles. The van der Waals surface area contributed by atoms with Crippen LogP contribution in [0.4, 0.5) is 5.69 Å². The smallest absolute Gasteiger partial charge is 0.328 e. The van der Waals surface area contributed by atoms with Crippen molar-refractivity contribution in [2.75, 3.05) is 19.0 Å². The van der Waals surface area contributed by atoms with E-state index in [0.29, 0.717) is 24.2 Å². The van der Waals surface area contributed by atoms with Crippen LogP contribution in [0, 0.1) is 5.92 Å². The number of amides is 2. The summed E-state index contributed by atoms with van der Waals surface area (Å²) in [4.78, 5) is 38.6. The molecule has 1 saturated heterocycles.